The number of amides is 1. The number of pyridine rings is 2. The number of benzene rings is 2. The van der Waals surface area contributed by atoms with E-state index in [-0.39, 0.29) is 25.0 Å². The molecule has 2 aromatic carbocycles. The fourth-order valence-corrected chi connectivity index (χ4v) is 5.92. The number of aliphatic hydroxyl groups is 1. The highest BCUT2D eigenvalue weighted by molar-refractivity contribution is 5.99. The first-order chi connectivity index (χ1) is 21.4. The number of hydrogen-bond acceptors (Lipinski definition) is 8. The Bertz CT molecular complexity index is 1550. The van der Waals surface area contributed by atoms with Gasteiger partial charge in [0.05, 0.1) is 20.1 Å². The van der Waals surface area contributed by atoms with E-state index in [0.29, 0.717) is 25.3 Å². The van der Waals surface area contributed by atoms with E-state index in [1.165, 1.54) is 0 Å². The van der Waals surface area contributed by atoms with Gasteiger partial charge in [-0.3, -0.25) is 4.79 Å². The molecule has 2 N–H and O–H groups in total. The second kappa shape index (κ2) is 13.1. The molecule has 1 saturated heterocycles. The number of ether oxygens (including phenoxy) is 2. The van der Waals surface area contributed by atoms with Gasteiger partial charge in [0.15, 0.2) is 0 Å². The first-order valence-electron chi connectivity index (χ1n) is 15.1. The van der Waals surface area contributed by atoms with Crippen LogP contribution in [0.15, 0.2) is 66.9 Å². The normalized spacial score (nSPS) is 19.2. The second-order valence-corrected chi connectivity index (χ2v) is 11.5. The lowest BCUT2D eigenvalue weighted by Crippen LogP contribution is -2.31. The van der Waals surface area contributed by atoms with Crippen LogP contribution in [0.5, 0.6) is 11.5 Å². The van der Waals surface area contributed by atoms with Crippen LogP contribution in [0.2, 0.25) is 0 Å². The van der Waals surface area contributed by atoms with Crippen molar-refractivity contribution in [2.45, 2.75) is 51.0 Å². The lowest BCUT2D eigenvalue weighted by molar-refractivity contribution is -0.117. The molecule has 2 fully saturated rings. The molecule has 10 heteroatoms. The lowest BCUT2D eigenvalue weighted by Gasteiger charge is -2.30. The lowest BCUT2D eigenvalue weighted by atomic mass is 10.1. The summed E-state index contributed by atoms with van der Waals surface area (Å²) in [6.45, 7) is 2.09. The number of hydrogen-bond donors (Lipinski definition) is 2. The Hall–Kier alpha value is -4.44. The van der Waals surface area contributed by atoms with Crippen LogP contribution < -0.4 is 24.6 Å². The fourth-order valence-electron chi connectivity index (χ4n) is 5.92. The number of anilines is 3. The van der Waals surface area contributed by atoms with Gasteiger partial charge in [-0.15, -0.1) is 0 Å². The molecule has 3 atom stereocenters. The summed E-state index contributed by atoms with van der Waals surface area (Å²) in [5, 5.41) is 14.3. The number of methoxy groups -OCH3 is 2. The zero-order valence-corrected chi connectivity index (χ0v) is 25.1. The number of carbonyl (C=O) groups is 1. The second-order valence-electron chi connectivity index (χ2n) is 11.5. The number of nitrogens with one attached hydrogen (secondary N) is 1. The first kappa shape index (κ1) is 29.6. The van der Waals surface area contributed by atoms with Crippen LogP contribution >= 0.6 is 0 Å². The van der Waals surface area contributed by atoms with Gasteiger partial charge in [0, 0.05) is 43.9 Å². The standard InChI is InChI=1S/C34H38FN5O4/c1-43-26-9-5-22(6-10-26)20-39(21-23-7-11-27(44-2)12-8-23)33-29-19-36-31(37-34(42)28-18-30(28)35)16-24(29)17-32(38-33)40-14-3-4-25(40)13-15-41/h5-12,16-17,19,25,28,30,41H,3-4,13-15,18,20-21H2,1-2H3,(H,36,37,42). The van der Waals surface area contributed by atoms with Gasteiger partial charge < -0.3 is 29.7 Å². The highest BCUT2D eigenvalue weighted by atomic mass is 19.1. The molecule has 0 bridgehead atoms. The summed E-state index contributed by atoms with van der Waals surface area (Å²) in [5.74, 6) is 2.58. The Kier molecular flexibility index (Phi) is 8.79. The van der Waals surface area contributed by atoms with Gasteiger partial charge in [-0.2, -0.15) is 0 Å². The van der Waals surface area contributed by atoms with Crippen molar-refractivity contribution >= 4 is 34.1 Å². The van der Waals surface area contributed by atoms with Gasteiger partial charge >= 0.3 is 0 Å². The van der Waals surface area contributed by atoms with E-state index in [1.807, 2.05) is 60.7 Å². The van der Waals surface area contributed by atoms with Gasteiger partial charge in [0.2, 0.25) is 5.91 Å². The Balaban J connectivity index is 1.43. The van der Waals surface area contributed by atoms with Crippen molar-refractivity contribution in [3.05, 3.63) is 78.0 Å². The van der Waals surface area contributed by atoms with Crippen LogP contribution in [0.4, 0.5) is 21.8 Å². The van der Waals surface area contributed by atoms with Crippen LogP contribution in [0.25, 0.3) is 10.8 Å². The average Bonchev–Trinajstić information content (AvgIpc) is 3.61. The molecule has 1 saturated carbocycles. The largest absolute Gasteiger partial charge is 0.497 e. The monoisotopic (exact) mass is 599 g/mol. The zero-order chi connectivity index (χ0) is 30.6. The molecular weight excluding hydrogens is 561 g/mol. The van der Waals surface area contributed by atoms with Crippen molar-refractivity contribution in [1.82, 2.24) is 9.97 Å². The molecule has 230 valence electrons. The zero-order valence-electron chi connectivity index (χ0n) is 25.1. The molecule has 3 unspecified atom stereocenters. The van der Waals surface area contributed by atoms with Crippen LogP contribution in [-0.4, -0.2) is 60.6 Å². The SMILES string of the molecule is COc1ccc(CN(Cc2ccc(OC)cc2)c2nc(N3CCCC3CCO)cc3cc(NC(=O)C4CC4F)ncc23)cc1. The van der Waals surface area contributed by atoms with Crippen LogP contribution in [0.3, 0.4) is 0 Å². The molecule has 0 radical (unpaired) electrons. The summed E-state index contributed by atoms with van der Waals surface area (Å²) >= 11 is 0. The van der Waals surface area contributed by atoms with E-state index in [9.17, 15) is 14.3 Å². The Morgan fingerprint density at radius 2 is 1.68 bits per heavy atom. The molecular formula is C34H38FN5O4. The van der Waals surface area contributed by atoms with Crippen molar-refractivity contribution in [2.24, 2.45) is 5.92 Å². The maximum absolute atomic E-state index is 13.6. The molecule has 6 rings (SSSR count). The number of carbonyl (C=O) groups excluding carboxylic acids is 1. The van der Waals surface area contributed by atoms with E-state index < -0.39 is 12.1 Å². The van der Waals surface area contributed by atoms with Crippen LogP contribution in [0, 0.1) is 5.92 Å². The third-order valence-electron chi connectivity index (χ3n) is 8.48. The van der Waals surface area contributed by atoms with E-state index in [4.69, 9.17) is 14.5 Å². The maximum atomic E-state index is 13.6. The number of rotatable bonds is 12. The Morgan fingerprint density at radius 3 is 2.25 bits per heavy atom. The molecule has 1 amide bonds. The van der Waals surface area contributed by atoms with E-state index >= 15 is 0 Å². The summed E-state index contributed by atoms with van der Waals surface area (Å²) in [6.07, 6.45) is 3.58. The smallest absolute Gasteiger partial charge is 0.231 e. The number of aromatic nitrogens is 2. The highest BCUT2D eigenvalue weighted by Crippen LogP contribution is 2.37. The predicted octanol–water partition coefficient (Wildman–Crippen LogP) is 5.50. The highest BCUT2D eigenvalue weighted by Gasteiger charge is 2.43. The molecule has 0 spiro atoms. The topological polar surface area (TPSA) is 100 Å². The molecule has 1 aliphatic heterocycles. The van der Waals surface area contributed by atoms with Crippen molar-refractivity contribution in [3.8, 4) is 11.5 Å². The van der Waals surface area contributed by atoms with E-state index in [0.717, 1.165) is 64.4 Å². The van der Waals surface area contributed by atoms with Gasteiger partial charge in [0.1, 0.15) is 35.1 Å². The summed E-state index contributed by atoms with van der Waals surface area (Å²) in [4.78, 5) is 26.8. The molecule has 44 heavy (non-hydrogen) atoms. The third kappa shape index (κ3) is 6.55. The van der Waals surface area contributed by atoms with Crippen LogP contribution in [-0.2, 0) is 17.9 Å². The van der Waals surface area contributed by atoms with E-state index in [2.05, 4.69) is 20.1 Å². The number of alkyl halides is 1. The minimum atomic E-state index is -1.08. The summed E-state index contributed by atoms with van der Waals surface area (Å²) < 4.78 is 24.3. The average molecular weight is 600 g/mol. The van der Waals surface area contributed by atoms with E-state index in [1.54, 1.807) is 20.4 Å². The Labute approximate surface area is 256 Å². The van der Waals surface area contributed by atoms with Crippen molar-refractivity contribution in [2.75, 3.05) is 42.5 Å². The predicted molar refractivity (Wildman–Crippen MR) is 169 cm³/mol. The summed E-state index contributed by atoms with van der Waals surface area (Å²) in [6, 6.07) is 20.0. The van der Waals surface area contributed by atoms with Gasteiger partial charge in [-0.25, -0.2) is 14.4 Å². The van der Waals surface area contributed by atoms with Crippen molar-refractivity contribution in [3.63, 3.8) is 0 Å². The fraction of sp³-hybridized carbons (Fsp3) is 0.382. The van der Waals surface area contributed by atoms with Gasteiger partial charge in [-0.05, 0) is 78.6 Å². The van der Waals surface area contributed by atoms with Gasteiger partial charge in [-0.1, -0.05) is 24.3 Å². The molecule has 2 aliphatic rings. The molecule has 4 aromatic rings. The minimum Gasteiger partial charge on any atom is -0.497 e. The molecule has 3 heterocycles. The number of aliphatic hydroxyl groups excluding tert-OH is 1. The number of halogens is 1. The van der Waals surface area contributed by atoms with Crippen molar-refractivity contribution in [1.29, 1.82) is 0 Å². The maximum Gasteiger partial charge on any atom is 0.231 e. The number of fused-ring (bicyclic) bond motifs is 1. The minimum absolute atomic E-state index is 0.111. The quantitative estimate of drug-likeness (QED) is 0.220. The summed E-state index contributed by atoms with van der Waals surface area (Å²) in [7, 11) is 3.30. The third-order valence-corrected chi connectivity index (χ3v) is 8.48. The first-order valence-corrected chi connectivity index (χ1v) is 15.1. The molecule has 2 aromatic heterocycles. The van der Waals surface area contributed by atoms with Gasteiger partial charge in [0.25, 0.3) is 0 Å². The number of nitrogens with zero attached hydrogens (tertiary/aromatic N) is 4. The Morgan fingerprint density at radius 1 is 1.05 bits per heavy atom. The molecule has 1 aliphatic carbocycles. The van der Waals surface area contributed by atoms with Crippen molar-refractivity contribution < 1.29 is 23.8 Å². The van der Waals surface area contributed by atoms with Crippen LogP contribution in [0.1, 0.15) is 36.8 Å². The summed E-state index contributed by atoms with van der Waals surface area (Å²) in [5.41, 5.74) is 2.17. The molecule has 9 nitrogen and oxygen atoms in total.